The first-order valence-electron chi connectivity index (χ1n) is 6.76. The molecule has 0 aromatic carbocycles. The molecule has 0 radical (unpaired) electrons. The molecule has 0 saturated heterocycles. The molecule has 0 heterocycles. The molecule has 0 aliphatic heterocycles. The van der Waals surface area contributed by atoms with Gasteiger partial charge < -0.3 is 14.6 Å². The molecule has 5 nitrogen and oxygen atoms in total. The Morgan fingerprint density at radius 3 is 2.42 bits per heavy atom. The summed E-state index contributed by atoms with van der Waals surface area (Å²) in [5, 5.41) is 8.70. The SMILES string of the molecule is CCOC(=O)[C@]1(C)CC[C@H](C(=O)OCCO)C1(C)C. The second kappa shape index (κ2) is 5.90. The molecule has 0 aromatic rings. The van der Waals surface area contributed by atoms with E-state index >= 15 is 0 Å². The van der Waals surface area contributed by atoms with E-state index in [0.717, 1.165) is 0 Å². The van der Waals surface area contributed by atoms with Gasteiger partial charge in [-0.05, 0) is 32.1 Å². The zero-order valence-electron chi connectivity index (χ0n) is 12.2. The average Bonchev–Trinajstić information content (AvgIpc) is 2.59. The summed E-state index contributed by atoms with van der Waals surface area (Å²) in [6.45, 7) is 7.59. The topological polar surface area (TPSA) is 72.8 Å². The predicted molar refractivity (Wildman–Crippen MR) is 69.3 cm³/mol. The van der Waals surface area contributed by atoms with Crippen LogP contribution >= 0.6 is 0 Å². The summed E-state index contributed by atoms with van der Waals surface area (Å²) in [5.74, 6) is -0.932. The van der Waals surface area contributed by atoms with Gasteiger partial charge in [-0.25, -0.2) is 0 Å². The molecule has 5 heteroatoms. The Morgan fingerprint density at radius 2 is 1.89 bits per heavy atom. The first-order chi connectivity index (χ1) is 8.81. The monoisotopic (exact) mass is 272 g/mol. The molecule has 0 spiro atoms. The van der Waals surface area contributed by atoms with Crippen LogP contribution in [0.4, 0.5) is 0 Å². The summed E-state index contributed by atoms with van der Waals surface area (Å²) in [5.41, 5.74) is -1.20. The van der Waals surface area contributed by atoms with Gasteiger partial charge in [-0.2, -0.15) is 0 Å². The number of aliphatic hydroxyl groups is 1. The van der Waals surface area contributed by atoms with Crippen LogP contribution in [0.2, 0.25) is 0 Å². The van der Waals surface area contributed by atoms with Crippen molar-refractivity contribution in [1.29, 1.82) is 0 Å². The van der Waals surface area contributed by atoms with Gasteiger partial charge in [-0.15, -0.1) is 0 Å². The van der Waals surface area contributed by atoms with Gasteiger partial charge in [0.15, 0.2) is 0 Å². The first kappa shape index (κ1) is 16.0. The van der Waals surface area contributed by atoms with Crippen molar-refractivity contribution in [1.82, 2.24) is 0 Å². The molecule has 1 rings (SSSR count). The summed E-state index contributed by atoms with van der Waals surface area (Å²) in [7, 11) is 0. The van der Waals surface area contributed by atoms with Crippen molar-refractivity contribution in [3.63, 3.8) is 0 Å². The zero-order chi connectivity index (χ0) is 14.7. The second-order valence-corrected chi connectivity index (χ2v) is 5.76. The molecule has 1 aliphatic carbocycles. The Kier molecular flexibility index (Phi) is 4.96. The van der Waals surface area contributed by atoms with Gasteiger partial charge in [0.25, 0.3) is 0 Å². The first-order valence-corrected chi connectivity index (χ1v) is 6.76. The Bertz CT molecular complexity index is 350. The van der Waals surface area contributed by atoms with Crippen molar-refractivity contribution < 1.29 is 24.2 Å². The molecule has 1 fully saturated rings. The van der Waals surface area contributed by atoms with E-state index in [4.69, 9.17) is 14.6 Å². The van der Waals surface area contributed by atoms with Crippen LogP contribution in [0.25, 0.3) is 0 Å². The molecule has 0 aromatic heterocycles. The zero-order valence-corrected chi connectivity index (χ0v) is 12.2. The van der Waals surface area contributed by atoms with E-state index in [1.165, 1.54) is 0 Å². The minimum absolute atomic E-state index is 0.00152. The minimum atomic E-state index is -0.675. The highest BCUT2D eigenvalue weighted by Crippen LogP contribution is 2.56. The number of ether oxygens (including phenoxy) is 2. The lowest BCUT2D eigenvalue weighted by atomic mass is 9.65. The highest BCUT2D eigenvalue weighted by atomic mass is 16.5. The number of hydrogen-bond donors (Lipinski definition) is 1. The van der Waals surface area contributed by atoms with Crippen molar-refractivity contribution in [3.05, 3.63) is 0 Å². The summed E-state index contributed by atoms with van der Waals surface area (Å²) in [4.78, 5) is 24.2. The van der Waals surface area contributed by atoms with Gasteiger partial charge in [-0.1, -0.05) is 13.8 Å². The molecular formula is C14H24O5. The fraction of sp³-hybridized carbons (Fsp3) is 0.857. The van der Waals surface area contributed by atoms with E-state index in [9.17, 15) is 9.59 Å². The van der Waals surface area contributed by atoms with E-state index in [0.29, 0.717) is 19.4 Å². The normalized spacial score (nSPS) is 29.0. The molecule has 110 valence electrons. The standard InChI is InChI=1S/C14H24O5/c1-5-18-12(17)14(4)7-6-10(13(14,2)3)11(16)19-9-8-15/h10,15H,5-9H2,1-4H3/t10-,14+/m1/s1. The molecule has 1 saturated carbocycles. The van der Waals surface area contributed by atoms with E-state index < -0.39 is 10.8 Å². The van der Waals surface area contributed by atoms with E-state index in [1.807, 2.05) is 20.8 Å². The molecule has 19 heavy (non-hydrogen) atoms. The fourth-order valence-corrected chi connectivity index (χ4v) is 2.82. The Labute approximate surface area is 114 Å². The quantitative estimate of drug-likeness (QED) is 0.768. The van der Waals surface area contributed by atoms with E-state index in [-0.39, 0.29) is 31.1 Å². The molecular weight excluding hydrogens is 248 g/mol. The van der Waals surface area contributed by atoms with Crippen molar-refractivity contribution in [2.75, 3.05) is 19.8 Å². The van der Waals surface area contributed by atoms with Crippen LogP contribution in [0.15, 0.2) is 0 Å². The summed E-state index contributed by atoms with van der Waals surface area (Å²) in [6, 6.07) is 0. The third kappa shape index (κ3) is 2.76. The van der Waals surface area contributed by atoms with Crippen LogP contribution in [-0.4, -0.2) is 36.9 Å². The third-order valence-corrected chi connectivity index (χ3v) is 4.57. The maximum atomic E-state index is 12.2. The Balaban J connectivity index is 2.86. The maximum absolute atomic E-state index is 12.2. The molecule has 1 N–H and O–H groups in total. The molecule has 0 unspecified atom stereocenters. The van der Waals surface area contributed by atoms with Gasteiger partial charge in [-0.3, -0.25) is 9.59 Å². The number of rotatable bonds is 5. The minimum Gasteiger partial charge on any atom is -0.466 e. The van der Waals surface area contributed by atoms with Crippen LogP contribution in [0.1, 0.15) is 40.5 Å². The van der Waals surface area contributed by atoms with Crippen LogP contribution < -0.4 is 0 Å². The molecule has 0 amide bonds. The molecule has 0 bridgehead atoms. The number of carbonyl (C=O) groups excluding carboxylic acids is 2. The number of aliphatic hydroxyl groups excluding tert-OH is 1. The van der Waals surface area contributed by atoms with Crippen LogP contribution in [-0.2, 0) is 19.1 Å². The smallest absolute Gasteiger partial charge is 0.312 e. The summed E-state index contributed by atoms with van der Waals surface area (Å²) in [6.07, 6.45) is 1.21. The van der Waals surface area contributed by atoms with Gasteiger partial charge in [0.1, 0.15) is 6.61 Å². The number of carbonyl (C=O) groups is 2. The van der Waals surface area contributed by atoms with Crippen LogP contribution in [0, 0.1) is 16.7 Å². The van der Waals surface area contributed by atoms with Crippen LogP contribution in [0.3, 0.4) is 0 Å². The van der Waals surface area contributed by atoms with E-state index in [1.54, 1.807) is 6.92 Å². The lowest BCUT2D eigenvalue weighted by Gasteiger charge is -2.38. The summed E-state index contributed by atoms with van der Waals surface area (Å²) < 4.78 is 10.1. The lowest BCUT2D eigenvalue weighted by Crippen LogP contribution is -2.44. The average molecular weight is 272 g/mol. The molecule has 2 atom stereocenters. The van der Waals surface area contributed by atoms with Crippen molar-refractivity contribution >= 4 is 11.9 Å². The number of hydrogen-bond acceptors (Lipinski definition) is 5. The summed E-state index contributed by atoms with van der Waals surface area (Å²) >= 11 is 0. The van der Waals surface area contributed by atoms with E-state index in [2.05, 4.69) is 0 Å². The third-order valence-electron chi connectivity index (χ3n) is 4.57. The van der Waals surface area contributed by atoms with Crippen molar-refractivity contribution in [2.24, 2.45) is 16.7 Å². The fourth-order valence-electron chi connectivity index (χ4n) is 2.82. The van der Waals surface area contributed by atoms with Crippen LogP contribution in [0.5, 0.6) is 0 Å². The Hall–Kier alpha value is -1.10. The number of esters is 2. The van der Waals surface area contributed by atoms with Crippen molar-refractivity contribution in [2.45, 2.75) is 40.5 Å². The largest absolute Gasteiger partial charge is 0.466 e. The maximum Gasteiger partial charge on any atom is 0.312 e. The van der Waals surface area contributed by atoms with Crippen molar-refractivity contribution in [3.8, 4) is 0 Å². The second-order valence-electron chi connectivity index (χ2n) is 5.76. The highest BCUT2D eigenvalue weighted by Gasteiger charge is 2.59. The predicted octanol–water partition coefficient (Wildman–Crippen LogP) is 1.53. The molecule has 1 aliphatic rings. The lowest BCUT2D eigenvalue weighted by molar-refractivity contribution is -0.165. The van der Waals surface area contributed by atoms with Gasteiger partial charge in [0, 0.05) is 0 Å². The van der Waals surface area contributed by atoms with Gasteiger partial charge in [0.2, 0.25) is 0 Å². The van der Waals surface area contributed by atoms with Gasteiger partial charge >= 0.3 is 11.9 Å². The highest BCUT2D eigenvalue weighted by molar-refractivity contribution is 5.82. The Morgan fingerprint density at radius 1 is 1.26 bits per heavy atom. The van der Waals surface area contributed by atoms with Gasteiger partial charge in [0.05, 0.1) is 24.5 Å².